The van der Waals surface area contributed by atoms with Crippen molar-refractivity contribution in [2.24, 2.45) is 5.73 Å². The molecule has 0 saturated heterocycles. The minimum Gasteiger partial charge on any atom is -0.339 e. The lowest BCUT2D eigenvalue weighted by Gasteiger charge is -2.32. The van der Waals surface area contributed by atoms with Crippen LogP contribution in [0.1, 0.15) is 30.6 Å². The maximum absolute atomic E-state index is 12.0. The molecule has 1 fully saturated rings. The topological polar surface area (TPSA) is 46.3 Å². The van der Waals surface area contributed by atoms with Gasteiger partial charge in [0.2, 0.25) is 5.91 Å². The lowest BCUT2D eigenvalue weighted by molar-refractivity contribution is -0.127. The molecule has 3 nitrogen and oxygen atoms in total. The summed E-state index contributed by atoms with van der Waals surface area (Å²) in [5, 5.41) is 2.01. The fraction of sp³-hybridized carbons (Fsp3) is 0.500. The van der Waals surface area contributed by atoms with Gasteiger partial charge in [-0.25, -0.2) is 0 Å². The highest BCUT2D eigenvalue weighted by atomic mass is 32.1. The molecule has 1 aromatic rings. The molecule has 4 heteroatoms. The standard InChI is InChI=1S/C14H20N2OS/c1-16(12-6-4-11(15)5-7-12)14(17)9-8-13-3-2-10-18-13/h2-3,8-12H,4-7,15H2,1H3/b9-8+. The number of hydrogen-bond acceptors (Lipinski definition) is 3. The molecule has 0 aromatic carbocycles. The molecule has 0 unspecified atom stereocenters. The second-order valence-electron chi connectivity index (χ2n) is 4.87. The van der Waals surface area contributed by atoms with Gasteiger partial charge >= 0.3 is 0 Å². The molecule has 1 heterocycles. The first-order valence-electron chi connectivity index (χ1n) is 6.41. The van der Waals surface area contributed by atoms with E-state index in [9.17, 15) is 4.79 Å². The van der Waals surface area contributed by atoms with Gasteiger partial charge in [-0.3, -0.25) is 4.79 Å². The maximum Gasteiger partial charge on any atom is 0.246 e. The van der Waals surface area contributed by atoms with Crippen LogP contribution in [0.15, 0.2) is 23.6 Å². The van der Waals surface area contributed by atoms with Crippen molar-refractivity contribution in [1.29, 1.82) is 0 Å². The fourth-order valence-corrected chi connectivity index (χ4v) is 2.94. The van der Waals surface area contributed by atoms with Gasteiger partial charge in [0.15, 0.2) is 0 Å². The van der Waals surface area contributed by atoms with Gasteiger partial charge in [0.1, 0.15) is 0 Å². The van der Waals surface area contributed by atoms with Crippen molar-refractivity contribution in [2.75, 3.05) is 7.05 Å². The molecule has 0 aliphatic heterocycles. The summed E-state index contributed by atoms with van der Waals surface area (Å²) in [5.74, 6) is 0.0869. The quantitative estimate of drug-likeness (QED) is 0.853. The second-order valence-corrected chi connectivity index (χ2v) is 5.85. The molecule has 98 valence electrons. The number of carbonyl (C=O) groups is 1. The first kappa shape index (κ1) is 13.3. The Morgan fingerprint density at radius 3 is 2.78 bits per heavy atom. The van der Waals surface area contributed by atoms with Gasteiger partial charge in [-0.15, -0.1) is 11.3 Å². The second kappa shape index (κ2) is 6.16. The number of carbonyl (C=O) groups excluding carboxylic acids is 1. The number of thiophene rings is 1. The molecule has 18 heavy (non-hydrogen) atoms. The van der Waals surface area contributed by atoms with Crippen LogP contribution in [0.5, 0.6) is 0 Å². The highest BCUT2D eigenvalue weighted by molar-refractivity contribution is 7.10. The Kier molecular flexibility index (Phi) is 4.55. The molecule has 2 rings (SSSR count). The van der Waals surface area contributed by atoms with Gasteiger partial charge in [-0.2, -0.15) is 0 Å². The van der Waals surface area contributed by atoms with E-state index >= 15 is 0 Å². The van der Waals surface area contributed by atoms with E-state index in [1.807, 2.05) is 35.5 Å². The highest BCUT2D eigenvalue weighted by Crippen LogP contribution is 2.21. The van der Waals surface area contributed by atoms with E-state index in [0.29, 0.717) is 12.1 Å². The summed E-state index contributed by atoms with van der Waals surface area (Å²) in [6, 6.07) is 4.67. The predicted molar refractivity (Wildman–Crippen MR) is 76.4 cm³/mol. The van der Waals surface area contributed by atoms with Gasteiger partial charge in [0, 0.05) is 30.1 Å². The molecule has 0 radical (unpaired) electrons. The first-order chi connectivity index (χ1) is 8.66. The third kappa shape index (κ3) is 3.43. The van der Waals surface area contributed by atoms with E-state index < -0.39 is 0 Å². The van der Waals surface area contributed by atoms with Crippen LogP contribution < -0.4 is 5.73 Å². The molecule has 1 saturated carbocycles. The van der Waals surface area contributed by atoms with Crippen molar-refractivity contribution in [3.8, 4) is 0 Å². The zero-order valence-corrected chi connectivity index (χ0v) is 11.5. The largest absolute Gasteiger partial charge is 0.339 e. The van der Waals surface area contributed by atoms with E-state index in [2.05, 4.69) is 0 Å². The van der Waals surface area contributed by atoms with Crippen molar-refractivity contribution in [3.05, 3.63) is 28.5 Å². The van der Waals surface area contributed by atoms with Gasteiger partial charge < -0.3 is 10.6 Å². The zero-order valence-electron chi connectivity index (χ0n) is 10.7. The minimum absolute atomic E-state index is 0.0869. The summed E-state index contributed by atoms with van der Waals surface area (Å²) in [6.07, 6.45) is 7.65. The third-order valence-corrected chi connectivity index (χ3v) is 4.41. The van der Waals surface area contributed by atoms with Crippen LogP contribution in [0.25, 0.3) is 6.08 Å². The number of rotatable bonds is 3. The lowest BCUT2D eigenvalue weighted by atomic mass is 9.91. The monoisotopic (exact) mass is 264 g/mol. The molecule has 0 spiro atoms. The Morgan fingerprint density at radius 1 is 1.44 bits per heavy atom. The molecule has 1 aromatic heterocycles. The Bertz CT molecular complexity index is 405. The van der Waals surface area contributed by atoms with Crippen molar-refractivity contribution in [1.82, 2.24) is 4.90 Å². The van der Waals surface area contributed by atoms with Crippen LogP contribution in [0.4, 0.5) is 0 Å². The molecule has 0 bridgehead atoms. The minimum atomic E-state index is 0.0869. The van der Waals surface area contributed by atoms with Crippen molar-refractivity contribution in [2.45, 2.75) is 37.8 Å². The maximum atomic E-state index is 12.0. The van der Waals surface area contributed by atoms with Gasteiger partial charge in [-0.1, -0.05) is 6.07 Å². The highest BCUT2D eigenvalue weighted by Gasteiger charge is 2.23. The zero-order chi connectivity index (χ0) is 13.0. The average molecular weight is 264 g/mol. The number of nitrogens with two attached hydrogens (primary N) is 1. The number of likely N-dealkylation sites (N-methyl/N-ethyl adjacent to an activating group) is 1. The van der Waals surface area contributed by atoms with Crippen LogP contribution in [-0.4, -0.2) is 29.9 Å². The molecule has 0 atom stereocenters. The molecule has 1 aliphatic carbocycles. The van der Waals surface area contributed by atoms with Crippen LogP contribution in [0.3, 0.4) is 0 Å². The average Bonchev–Trinajstić information content (AvgIpc) is 2.89. The van der Waals surface area contributed by atoms with Crippen molar-refractivity contribution in [3.63, 3.8) is 0 Å². The van der Waals surface area contributed by atoms with Crippen LogP contribution in [0.2, 0.25) is 0 Å². The lowest BCUT2D eigenvalue weighted by Crippen LogP contribution is -2.41. The smallest absolute Gasteiger partial charge is 0.246 e. The van der Waals surface area contributed by atoms with Gasteiger partial charge in [-0.05, 0) is 43.2 Å². The predicted octanol–water partition coefficient (Wildman–Crippen LogP) is 2.49. The Morgan fingerprint density at radius 2 is 2.17 bits per heavy atom. The summed E-state index contributed by atoms with van der Waals surface area (Å²) in [7, 11) is 1.89. The van der Waals surface area contributed by atoms with E-state index in [1.165, 1.54) is 0 Å². The summed E-state index contributed by atoms with van der Waals surface area (Å²) in [6.45, 7) is 0. The van der Waals surface area contributed by atoms with Crippen molar-refractivity contribution < 1.29 is 4.79 Å². The third-order valence-electron chi connectivity index (χ3n) is 3.57. The molecular formula is C14H20N2OS. The molecule has 2 N–H and O–H groups in total. The SMILES string of the molecule is CN(C(=O)/C=C/c1cccs1)C1CCC(N)CC1. The molecule has 1 aliphatic rings. The number of nitrogens with zero attached hydrogens (tertiary/aromatic N) is 1. The summed E-state index contributed by atoms with van der Waals surface area (Å²) in [4.78, 5) is 15.0. The van der Waals surface area contributed by atoms with Gasteiger partial charge in [0.05, 0.1) is 0 Å². The number of amides is 1. The normalized spacial score (nSPS) is 24.3. The summed E-state index contributed by atoms with van der Waals surface area (Å²) < 4.78 is 0. The van der Waals surface area contributed by atoms with Gasteiger partial charge in [0.25, 0.3) is 0 Å². The first-order valence-corrected chi connectivity index (χ1v) is 7.28. The number of hydrogen-bond donors (Lipinski definition) is 1. The Labute approximate surface area is 112 Å². The van der Waals surface area contributed by atoms with E-state index in [0.717, 1.165) is 30.6 Å². The Hall–Kier alpha value is -1.13. The van der Waals surface area contributed by atoms with E-state index in [1.54, 1.807) is 17.4 Å². The fourth-order valence-electron chi connectivity index (χ4n) is 2.33. The molecule has 1 amide bonds. The van der Waals surface area contributed by atoms with E-state index in [4.69, 9.17) is 5.73 Å². The van der Waals surface area contributed by atoms with Crippen LogP contribution >= 0.6 is 11.3 Å². The summed E-state index contributed by atoms with van der Waals surface area (Å²) >= 11 is 1.64. The Balaban J connectivity index is 1.88. The summed E-state index contributed by atoms with van der Waals surface area (Å²) in [5.41, 5.74) is 5.88. The van der Waals surface area contributed by atoms with Crippen LogP contribution in [0, 0.1) is 0 Å². The van der Waals surface area contributed by atoms with E-state index in [-0.39, 0.29) is 5.91 Å². The van der Waals surface area contributed by atoms with Crippen molar-refractivity contribution >= 4 is 23.3 Å². The van der Waals surface area contributed by atoms with Crippen LogP contribution in [-0.2, 0) is 4.79 Å². The molecular weight excluding hydrogens is 244 g/mol.